The largest absolute Gasteiger partial charge is 0.387 e. The van der Waals surface area contributed by atoms with Crippen molar-refractivity contribution in [1.82, 2.24) is 10.3 Å². The third kappa shape index (κ3) is 3.24. The van der Waals surface area contributed by atoms with Crippen molar-refractivity contribution in [3.8, 4) is 0 Å². The fraction of sp³-hybridized carbons (Fsp3) is 0.353. The molecule has 1 aromatic carbocycles. The van der Waals surface area contributed by atoms with Crippen molar-refractivity contribution in [2.75, 3.05) is 6.54 Å². The molecular formula is C17H20N2O. The number of pyridine rings is 1. The Balaban J connectivity index is 1.63. The van der Waals surface area contributed by atoms with E-state index < -0.39 is 6.10 Å². The Morgan fingerprint density at radius 2 is 1.75 bits per heavy atom. The van der Waals surface area contributed by atoms with E-state index in [1.165, 1.54) is 18.4 Å². The Morgan fingerprint density at radius 1 is 1.05 bits per heavy atom. The number of rotatable bonds is 6. The monoisotopic (exact) mass is 268 g/mol. The highest BCUT2D eigenvalue weighted by Gasteiger charge is 2.32. The number of aromatic nitrogens is 1. The maximum absolute atomic E-state index is 10.2. The number of aliphatic hydroxyl groups is 1. The Hall–Kier alpha value is -1.71. The summed E-state index contributed by atoms with van der Waals surface area (Å²) in [6.45, 7) is 0.570. The summed E-state index contributed by atoms with van der Waals surface area (Å²) in [6.07, 6.45) is 5.50. The van der Waals surface area contributed by atoms with Crippen LogP contribution in [0.1, 0.15) is 36.1 Å². The van der Waals surface area contributed by atoms with Gasteiger partial charge >= 0.3 is 0 Å². The molecule has 0 radical (unpaired) electrons. The lowest BCUT2D eigenvalue weighted by Crippen LogP contribution is -2.27. The smallest absolute Gasteiger partial charge is 0.0915 e. The van der Waals surface area contributed by atoms with Crippen LogP contribution in [0.4, 0.5) is 0 Å². The molecule has 104 valence electrons. The SMILES string of the molecule is O[C@@H](CN[C@H](c1ccccc1)C1CC1)c1ccncc1. The Labute approximate surface area is 119 Å². The van der Waals surface area contributed by atoms with E-state index in [2.05, 4.69) is 34.6 Å². The maximum Gasteiger partial charge on any atom is 0.0915 e. The number of hydrogen-bond donors (Lipinski definition) is 2. The van der Waals surface area contributed by atoms with Crippen LogP contribution >= 0.6 is 0 Å². The summed E-state index contributed by atoms with van der Waals surface area (Å²) in [5, 5.41) is 13.8. The van der Waals surface area contributed by atoms with Gasteiger partial charge in [0, 0.05) is 25.0 Å². The summed E-state index contributed by atoms with van der Waals surface area (Å²) in [7, 11) is 0. The third-order valence-electron chi connectivity index (χ3n) is 3.87. The summed E-state index contributed by atoms with van der Waals surface area (Å²) in [6, 6.07) is 14.6. The molecule has 1 heterocycles. The second-order valence-corrected chi connectivity index (χ2v) is 5.43. The topological polar surface area (TPSA) is 45.1 Å². The van der Waals surface area contributed by atoms with E-state index >= 15 is 0 Å². The van der Waals surface area contributed by atoms with E-state index in [1.54, 1.807) is 12.4 Å². The number of benzene rings is 1. The molecule has 2 aromatic rings. The molecule has 0 spiro atoms. The fourth-order valence-electron chi connectivity index (χ4n) is 2.59. The van der Waals surface area contributed by atoms with E-state index in [1.807, 2.05) is 18.2 Å². The summed E-state index contributed by atoms with van der Waals surface area (Å²) in [5.74, 6) is 0.710. The molecule has 1 saturated carbocycles. The number of aliphatic hydroxyl groups excluding tert-OH is 1. The summed E-state index contributed by atoms with van der Waals surface area (Å²) in [5.41, 5.74) is 2.23. The first kappa shape index (κ1) is 13.3. The zero-order chi connectivity index (χ0) is 13.8. The van der Waals surface area contributed by atoms with Gasteiger partial charge in [0.25, 0.3) is 0 Å². The van der Waals surface area contributed by atoms with Crippen LogP contribution in [0.2, 0.25) is 0 Å². The minimum Gasteiger partial charge on any atom is -0.387 e. The molecule has 3 heteroatoms. The van der Waals surface area contributed by atoms with Crippen molar-refractivity contribution in [3.05, 3.63) is 66.0 Å². The first-order valence-corrected chi connectivity index (χ1v) is 7.21. The summed E-state index contributed by atoms with van der Waals surface area (Å²) >= 11 is 0. The molecule has 1 aromatic heterocycles. The maximum atomic E-state index is 10.2. The first-order valence-electron chi connectivity index (χ1n) is 7.21. The number of nitrogens with zero attached hydrogens (tertiary/aromatic N) is 1. The van der Waals surface area contributed by atoms with Crippen molar-refractivity contribution in [2.24, 2.45) is 5.92 Å². The minimum absolute atomic E-state index is 0.354. The van der Waals surface area contributed by atoms with Crippen molar-refractivity contribution in [2.45, 2.75) is 25.0 Å². The summed E-state index contributed by atoms with van der Waals surface area (Å²) < 4.78 is 0. The molecule has 0 aliphatic heterocycles. The average Bonchev–Trinajstić information content (AvgIpc) is 3.34. The van der Waals surface area contributed by atoms with E-state index in [-0.39, 0.29) is 0 Å². The Bertz CT molecular complexity index is 525. The highest BCUT2D eigenvalue weighted by atomic mass is 16.3. The van der Waals surface area contributed by atoms with Gasteiger partial charge < -0.3 is 10.4 Å². The van der Waals surface area contributed by atoms with Crippen LogP contribution in [0.15, 0.2) is 54.9 Å². The van der Waals surface area contributed by atoms with E-state index in [4.69, 9.17) is 0 Å². The van der Waals surface area contributed by atoms with Crippen molar-refractivity contribution >= 4 is 0 Å². The summed E-state index contributed by atoms with van der Waals surface area (Å²) in [4.78, 5) is 3.98. The van der Waals surface area contributed by atoms with Crippen LogP contribution in [0, 0.1) is 5.92 Å². The van der Waals surface area contributed by atoms with E-state index in [9.17, 15) is 5.11 Å². The lowest BCUT2D eigenvalue weighted by atomic mass is 10.0. The zero-order valence-electron chi connectivity index (χ0n) is 11.4. The third-order valence-corrected chi connectivity index (χ3v) is 3.87. The molecule has 1 fully saturated rings. The normalized spacial score (nSPS) is 17.6. The average molecular weight is 268 g/mol. The minimum atomic E-state index is -0.483. The molecular weight excluding hydrogens is 248 g/mol. The molecule has 2 atom stereocenters. The molecule has 1 aliphatic rings. The van der Waals surface area contributed by atoms with Gasteiger partial charge in [0.2, 0.25) is 0 Å². The van der Waals surface area contributed by atoms with Crippen LogP contribution in [0.5, 0.6) is 0 Å². The van der Waals surface area contributed by atoms with Crippen LogP contribution < -0.4 is 5.32 Å². The molecule has 0 bridgehead atoms. The van der Waals surface area contributed by atoms with Gasteiger partial charge in [0.05, 0.1) is 6.10 Å². The van der Waals surface area contributed by atoms with Crippen LogP contribution in [0.3, 0.4) is 0 Å². The molecule has 0 saturated heterocycles. The highest BCUT2D eigenvalue weighted by Crippen LogP contribution is 2.41. The first-order chi connectivity index (χ1) is 9.84. The second kappa shape index (κ2) is 6.16. The van der Waals surface area contributed by atoms with Gasteiger partial charge in [-0.15, -0.1) is 0 Å². The van der Waals surface area contributed by atoms with Gasteiger partial charge in [-0.25, -0.2) is 0 Å². The quantitative estimate of drug-likeness (QED) is 0.846. The number of nitrogens with one attached hydrogen (secondary N) is 1. The molecule has 3 nitrogen and oxygen atoms in total. The Morgan fingerprint density at radius 3 is 2.40 bits per heavy atom. The molecule has 1 aliphatic carbocycles. The van der Waals surface area contributed by atoms with Crippen molar-refractivity contribution in [3.63, 3.8) is 0 Å². The molecule has 0 amide bonds. The molecule has 2 N–H and O–H groups in total. The fourth-order valence-corrected chi connectivity index (χ4v) is 2.59. The van der Waals surface area contributed by atoms with Gasteiger partial charge in [-0.05, 0) is 42.0 Å². The standard InChI is InChI=1S/C17H20N2O/c20-16(13-8-10-18-11-9-13)12-19-17(15-6-7-15)14-4-2-1-3-5-14/h1-5,8-11,15-17,19-20H,6-7,12H2/t16-,17+/m0/s1. The lowest BCUT2D eigenvalue weighted by molar-refractivity contribution is 0.168. The van der Waals surface area contributed by atoms with Gasteiger partial charge in [0.15, 0.2) is 0 Å². The van der Waals surface area contributed by atoms with Gasteiger partial charge in [0.1, 0.15) is 0 Å². The molecule has 3 rings (SSSR count). The Kier molecular flexibility index (Phi) is 4.09. The van der Waals surface area contributed by atoms with E-state index in [0.717, 1.165) is 5.56 Å². The number of hydrogen-bond acceptors (Lipinski definition) is 3. The van der Waals surface area contributed by atoms with Crippen LogP contribution in [-0.2, 0) is 0 Å². The molecule has 20 heavy (non-hydrogen) atoms. The zero-order valence-corrected chi connectivity index (χ0v) is 11.4. The predicted molar refractivity (Wildman–Crippen MR) is 79.1 cm³/mol. The van der Waals surface area contributed by atoms with Gasteiger partial charge in [-0.3, -0.25) is 4.98 Å². The van der Waals surface area contributed by atoms with Gasteiger partial charge in [-0.2, -0.15) is 0 Å². The lowest BCUT2D eigenvalue weighted by Gasteiger charge is -2.21. The second-order valence-electron chi connectivity index (χ2n) is 5.43. The van der Waals surface area contributed by atoms with Gasteiger partial charge in [-0.1, -0.05) is 30.3 Å². The van der Waals surface area contributed by atoms with Crippen molar-refractivity contribution < 1.29 is 5.11 Å². The highest BCUT2D eigenvalue weighted by molar-refractivity contribution is 5.21. The van der Waals surface area contributed by atoms with Crippen LogP contribution in [0.25, 0.3) is 0 Å². The van der Waals surface area contributed by atoms with Crippen molar-refractivity contribution in [1.29, 1.82) is 0 Å². The van der Waals surface area contributed by atoms with Crippen LogP contribution in [-0.4, -0.2) is 16.6 Å². The van der Waals surface area contributed by atoms with E-state index in [0.29, 0.717) is 18.5 Å². The predicted octanol–water partition coefficient (Wildman–Crippen LogP) is 2.86. The molecule has 0 unspecified atom stereocenters.